The summed E-state index contributed by atoms with van der Waals surface area (Å²) in [4.78, 5) is 16.5. The number of nitrogens with two attached hydrogens (primary N) is 1. The van der Waals surface area contributed by atoms with Crippen molar-refractivity contribution in [1.29, 1.82) is 0 Å². The van der Waals surface area contributed by atoms with E-state index in [0.29, 0.717) is 35.5 Å². The minimum atomic E-state index is -0.158. The molecular weight excluding hydrogens is 454 g/mol. The maximum atomic E-state index is 9.28. The number of hydrogen-bond donors (Lipinski definition) is 2. The molecule has 0 unspecified atom stereocenters. The number of fused-ring (bicyclic) bond motifs is 1. The van der Waals surface area contributed by atoms with E-state index in [0.717, 1.165) is 42.6 Å². The van der Waals surface area contributed by atoms with Crippen molar-refractivity contribution >= 4 is 34.5 Å². The molecule has 1 aliphatic heterocycles. The van der Waals surface area contributed by atoms with Crippen LogP contribution in [0.25, 0.3) is 22.4 Å². The summed E-state index contributed by atoms with van der Waals surface area (Å²) in [5, 5.41) is 13.0. The summed E-state index contributed by atoms with van der Waals surface area (Å²) in [7, 11) is 0. The van der Waals surface area contributed by atoms with Crippen LogP contribution in [-0.4, -0.2) is 56.9 Å². The van der Waals surface area contributed by atoms with Gasteiger partial charge in [-0.1, -0.05) is 48.7 Å². The number of nitrogens with zero attached hydrogens (tertiary/aromatic N) is 6. The van der Waals surface area contributed by atoms with Crippen LogP contribution < -0.4 is 10.6 Å². The third kappa shape index (κ3) is 4.54. The van der Waals surface area contributed by atoms with Crippen LogP contribution in [-0.2, 0) is 11.3 Å². The Labute approximate surface area is 203 Å². The number of benzene rings is 1. The second kappa shape index (κ2) is 9.76. The lowest BCUT2D eigenvalue weighted by Crippen LogP contribution is -2.38. The quantitative estimate of drug-likeness (QED) is 0.245. The van der Waals surface area contributed by atoms with Crippen molar-refractivity contribution in [2.24, 2.45) is 22.7 Å². The number of oxime groups is 1. The molecule has 1 aromatic carbocycles. The lowest BCUT2D eigenvalue weighted by atomic mass is 9.83. The second-order valence-corrected chi connectivity index (χ2v) is 9.75. The topological polar surface area (TPSA) is 115 Å². The molecule has 2 aliphatic rings. The van der Waals surface area contributed by atoms with Crippen molar-refractivity contribution < 1.29 is 9.94 Å². The number of amidine groups is 1. The average molecular weight is 484 g/mol. The summed E-state index contributed by atoms with van der Waals surface area (Å²) < 4.78 is 7.86. The van der Waals surface area contributed by atoms with Gasteiger partial charge in [-0.15, -0.1) is 0 Å². The molecule has 3 N–H and O–H groups in total. The van der Waals surface area contributed by atoms with Crippen LogP contribution in [0, 0.1) is 11.8 Å². The molecule has 3 aromatic rings. The highest BCUT2D eigenvalue weighted by atomic mass is 35.5. The van der Waals surface area contributed by atoms with Gasteiger partial charge in [-0.25, -0.2) is 9.97 Å². The van der Waals surface area contributed by atoms with Crippen LogP contribution >= 0.6 is 11.6 Å². The zero-order valence-corrected chi connectivity index (χ0v) is 20.1. The number of aromatic nitrogens is 4. The molecule has 0 radical (unpaired) electrons. The minimum Gasteiger partial charge on any atom is -0.409 e. The second-order valence-electron chi connectivity index (χ2n) is 9.31. The lowest BCUT2D eigenvalue weighted by molar-refractivity contribution is 0.121. The number of ether oxygens (including phenoxy) is 1. The summed E-state index contributed by atoms with van der Waals surface area (Å²) in [5.74, 6) is 2.18. The summed E-state index contributed by atoms with van der Waals surface area (Å²) >= 11 is 6.34. The molecule has 10 heteroatoms. The number of rotatable bonds is 5. The molecule has 1 aliphatic carbocycles. The van der Waals surface area contributed by atoms with Gasteiger partial charge in [0.2, 0.25) is 17.6 Å². The zero-order valence-electron chi connectivity index (χ0n) is 19.3. The van der Waals surface area contributed by atoms with Crippen molar-refractivity contribution in [2.75, 3.05) is 31.2 Å². The third-order valence-corrected chi connectivity index (χ3v) is 7.12. The van der Waals surface area contributed by atoms with Gasteiger partial charge >= 0.3 is 0 Å². The van der Waals surface area contributed by atoms with Gasteiger partial charge in [-0.05, 0) is 36.8 Å². The Morgan fingerprint density at radius 3 is 2.65 bits per heavy atom. The molecule has 2 aromatic heterocycles. The Morgan fingerprint density at radius 2 is 1.94 bits per heavy atom. The van der Waals surface area contributed by atoms with E-state index in [9.17, 15) is 5.21 Å². The van der Waals surface area contributed by atoms with Crippen LogP contribution in [0.5, 0.6) is 0 Å². The smallest absolute Gasteiger partial charge is 0.208 e. The molecule has 34 heavy (non-hydrogen) atoms. The molecular formula is C24H30ClN7O2. The predicted octanol–water partition coefficient (Wildman–Crippen LogP) is 3.90. The number of halogens is 1. The van der Waals surface area contributed by atoms with Gasteiger partial charge in [0.05, 0.1) is 13.2 Å². The highest BCUT2D eigenvalue weighted by molar-refractivity contribution is 6.30. The largest absolute Gasteiger partial charge is 0.409 e. The fourth-order valence-electron chi connectivity index (χ4n) is 4.97. The van der Waals surface area contributed by atoms with Gasteiger partial charge in [0.25, 0.3) is 0 Å². The Hall–Kier alpha value is -2.91. The van der Waals surface area contributed by atoms with E-state index in [2.05, 4.69) is 26.5 Å². The molecule has 3 heterocycles. The van der Waals surface area contributed by atoms with Crippen LogP contribution in [0.3, 0.4) is 0 Å². The maximum Gasteiger partial charge on any atom is 0.208 e. The Morgan fingerprint density at radius 1 is 1.18 bits per heavy atom. The average Bonchev–Trinajstić information content (AvgIpc) is 3.23. The molecule has 2 fully saturated rings. The molecule has 9 nitrogen and oxygen atoms in total. The van der Waals surface area contributed by atoms with Crippen LogP contribution in [0.4, 0.5) is 5.95 Å². The summed E-state index contributed by atoms with van der Waals surface area (Å²) in [6, 6.07) is 7.54. The molecule has 0 bridgehead atoms. The normalized spacial score (nSPS) is 21.8. The van der Waals surface area contributed by atoms with E-state index in [1.807, 2.05) is 24.3 Å². The fraction of sp³-hybridized carbons (Fsp3) is 0.500. The van der Waals surface area contributed by atoms with Gasteiger partial charge in [0, 0.05) is 30.2 Å². The molecule has 0 spiro atoms. The van der Waals surface area contributed by atoms with Gasteiger partial charge in [0.15, 0.2) is 5.65 Å². The fourth-order valence-corrected chi connectivity index (χ4v) is 5.16. The van der Waals surface area contributed by atoms with Gasteiger partial charge in [-0.2, -0.15) is 4.98 Å². The van der Waals surface area contributed by atoms with E-state index in [-0.39, 0.29) is 11.7 Å². The van der Waals surface area contributed by atoms with Crippen LogP contribution in [0.1, 0.15) is 38.4 Å². The Bertz CT molecular complexity index is 1200. The van der Waals surface area contributed by atoms with Crippen molar-refractivity contribution in [3.63, 3.8) is 0 Å². The molecule has 0 amide bonds. The van der Waals surface area contributed by atoms with Crippen molar-refractivity contribution in [1.82, 2.24) is 19.5 Å². The number of anilines is 1. The maximum absolute atomic E-state index is 9.28. The van der Waals surface area contributed by atoms with E-state index in [4.69, 9.17) is 32.0 Å². The van der Waals surface area contributed by atoms with E-state index in [1.165, 1.54) is 25.7 Å². The molecule has 180 valence electrons. The predicted molar refractivity (Wildman–Crippen MR) is 132 cm³/mol. The van der Waals surface area contributed by atoms with Gasteiger partial charge in [-0.3, -0.25) is 0 Å². The molecule has 0 atom stereocenters. The molecule has 1 saturated carbocycles. The monoisotopic (exact) mass is 483 g/mol. The molecule has 1 saturated heterocycles. The van der Waals surface area contributed by atoms with E-state index >= 15 is 0 Å². The summed E-state index contributed by atoms with van der Waals surface area (Å²) in [5.41, 5.74) is 8.77. The highest BCUT2D eigenvalue weighted by Gasteiger charge is 2.27. The van der Waals surface area contributed by atoms with E-state index in [1.54, 1.807) is 0 Å². The van der Waals surface area contributed by atoms with Gasteiger partial charge in [0.1, 0.15) is 11.2 Å². The number of hydrogen-bond acceptors (Lipinski definition) is 7. The Balaban J connectivity index is 1.71. The first kappa shape index (κ1) is 22.9. The lowest BCUT2D eigenvalue weighted by Gasteiger charge is -2.31. The minimum absolute atomic E-state index is 0.134. The van der Waals surface area contributed by atoms with E-state index < -0.39 is 0 Å². The first-order chi connectivity index (χ1) is 16.5. The zero-order chi connectivity index (χ0) is 23.7. The van der Waals surface area contributed by atoms with Gasteiger partial charge < -0.3 is 25.1 Å². The first-order valence-corrected chi connectivity index (χ1v) is 12.3. The standard InChI is InChI=1S/C24H30ClN7O2/c1-15-5-7-16(8-6-15)14-32-20-19(17-3-2-4-18(25)13-17)27-23(21(26)30-33)28-22(20)29-24(32)31-9-11-34-12-10-31/h2-4,13,15-16,33H,5-12,14H2,1H3,(H2,26,30). The van der Waals surface area contributed by atoms with Crippen LogP contribution in [0.2, 0.25) is 5.02 Å². The number of imidazole rings is 1. The van der Waals surface area contributed by atoms with Crippen LogP contribution in [0.15, 0.2) is 29.4 Å². The highest BCUT2D eigenvalue weighted by Crippen LogP contribution is 2.35. The Kier molecular flexibility index (Phi) is 6.56. The summed E-state index contributed by atoms with van der Waals surface area (Å²) in [6.07, 6.45) is 4.88. The third-order valence-electron chi connectivity index (χ3n) is 6.89. The molecule has 5 rings (SSSR count). The SMILES string of the molecule is CC1CCC(Cn2c(N3CCOCC3)nc3nc(C(N)=NO)nc(-c4cccc(Cl)c4)c32)CC1. The number of morpholine rings is 1. The van der Waals surface area contributed by atoms with Crippen molar-refractivity contribution in [2.45, 2.75) is 39.2 Å². The summed E-state index contributed by atoms with van der Waals surface area (Å²) in [6.45, 7) is 6.02. The first-order valence-electron chi connectivity index (χ1n) is 11.9. The van der Waals surface area contributed by atoms with Crippen molar-refractivity contribution in [3.05, 3.63) is 35.1 Å². The van der Waals surface area contributed by atoms with Crippen molar-refractivity contribution in [3.8, 4) is 11.3 Å².